The van der Waals surface area contributed by atoms with E-state index in [0.29, 0.717) is 0 Å². The van der Waals surface area contributed by atoms with Crippen molar-refractivity contribution in [1.82, 2.24) is 5.32 Å². The molecule has 1 nitrogen and oxygen atoms in total. The van der Waals surface area contributed by atoms with E-state index >= 15 is 0 Å². The third kappa shape index (κ3) is 2.88. The fraction of sp³-hybridized carbons (Fsp3) is 0.400. The lowest BCUT2D eigenvalue weighted by molar-refractivity contribution is 0.725. The van der Waals surface area contributed by atoms with E-state index in [1.54, 1.807) is 11.8 Å². The maximum absolute atomic E-state index is 3.31. The molecule has 1 N–H and O–H groups in total. The van der Waals surface area contributed by atoms with Crippen LogP contribution in [0.5, 0.6) is 0 Å². The van der Waals surface area contributed by atoms with Crippen molar-refractivity contribution in [2.24, 2.45) is 0 Å². The van der Waals surface area contributed by atoms with Crippen LogP contribution in [0.15, 0.2) is 29.2 Å². The first kappa shape index (κ1) is 9.62. The molecule has 0 unspecified atom stereocenters. The first-order valence-electron chi connectivity index (χ1n) is 4.20. The fourth-order valence-electron chi connectivity index (χ4n) is 1.05. The van der Waals surface area contributed by atoms with Crippen molar-refractivity contribution in [1.29, 1.82) is 0 Å². The minimum Gasteiger partial charge on any atom is -0.313 e. The zero-order valence-corrected chi connectivity index (χ0v) is 8.45. The van der Waals surface area contributed by atoms with Crippen LogP contribution in [0.1, 0.15) is 12.5 Å². The van der Waals surface area contributed by atoms with Crippen molar-refractivity contribution in [3.63, 3.8) is 0 Å². The lowest BCUT2D eigenvalue weighted by atomic mass is 10.2. The summed E-state index contributed by atoms with van der Waals surface area (Å²) in [5.74, 6) is 0. The SMILES string of the molecule is CCNCc1cccc(SC)c1. The molecule has 1 aromatic carbocycles. The Kier molecular flexibility index (Phi) is 4.19. The van der Waals surface area contributed by atoms with Gasteiger partial charge in [-0.05, 0) is 30.5 Å². The van der Waals surface area contributed by atoms with Crippen LogP contribution in [0.25, 0.3) is 0 Å². The van der Waals surface area contributed by atoms with Gasteiger partial charge in [0.1, 0.15) is 0 Å². The van der Waals surface area contributed by atoms with E-state index in [9.17, 15) is 0 Å². The lowest BCUT2D eigenvalue weighted by Crippen LogP contribution is -2.11. The average Bonchev–Trinajstić information content (AvgIpc) is 2.15. The highest BCUT2D eigenvalue weighted by Gasteiger charge is 1.92. The predicted octanol–water partition coefficient (Wildman–Crippen LogP) is 2.52. The molecule has 0 aliphatic carbocycles. The van der Waals surface area contributed by atoms with Gasteiger partial charge in [-0.15, -0.1) is 11.8 Å². The van der Waals surface area contributed by atoms with Crippen LogP contribution in [-0.4, -0.2) is 12.8 Å². The fourth-order valence-corrected chi connectivity index (χ4v) is 1.54. The van der Waals surface area contributed by atoms with Gasteiger partial charge in [-0.25, -0.2) is 0 Å². The summed E-state index contributed by atoms with van der Waals surface area (Å²) in [5, 5.41) is 3.31. The molecule has 0 aliphatic heterocycles. The Balaban J connectivity index is 2.60. The molecule has 0 atom stereocenters. The second kappa shape index (κ2) is 5.22. The standard InChI is InChI=1S/C10H15NS/c1-3-11-8-9-5-4-6-10(7-9)12-2/h4-7,11H,3,8H2,1-2H3. The van der Waals surface area contributed by atoms with Gasteiger partial charge in [0.25, 0.3) is 0 Å². The summed E-state index contributed by atoms with van der Waals surface area (Å²) < 4.78 is 0. The van der Waals surface area contributed by atoms with Gasteiger partial charge >= 0.3 is 0 Å². The second-order valence-corrected chi connectivity index (χ2v) is 3.51. The third-order valence-corrected chi connectivity index (χ3v) is 2.44. The van der Waals surface area contributed by atoms with E-state index in [0.717, 1.165) is 13.1 Å². The van der Waals surface area contributed by atoms with Crippen LogP contribution < -0.4 is 5.32 Å². The zero-order valence-electron chi connectivity index (χ0n) is 7.63. The molecule has 0 spiro atoms. The molecule has 2 heteroatoms. The van der Waals surface area contributed by atoms with Crippen molar-refractivity contribution in [2.75, 3.05) is 12.8 Å². The first-order chi connectivity index (χ1) is 5.86. The summed E-state index contributed by atoms with van der Waals surface area (Å²) in [4.78, 5) is 1.34. The van der Waals surface area contributed by atoms with Crippen molar-refractivity contribution >= 4 is 11.8 Å². The number of nitrogens with one attached hydrogen (secondary N) is 1. The summed E-state index contributed by atoms with van der Waals surface area (Å²) in [5.41, 5.74) is 1.36. The summed E-state index contributed by atoms with van der Waals surface area (Å²) in [7, 11) is 0. The zero-order chi connectivity index (χ0) is 8.81. The third-order valence-electron chi connectivity index (χ3n) is 1.71. The van der Waals surface area contributed by atoms with Crippen molar-refractivity contribution in [3.05, 3.63) is 29.8 Å². The van der Waals surface area contributed by atoms with E-state index < -0.39 is 0 Å². The van der Waals surface area contributed by atoms with E-state index in [2.05, 4.69) is 42.8 Å². The highest BCUT2D eigenvalue weighted by atomic mass is 32.2. The normalized spacial score (nSPS) is 10.2. The molecule has 12 heavy (non-hydrogen) atoms. The average molecular weight is 181 g/mol. The quantitative estimate of drug-likeness (QED) is 0.716. The Hall–Kier alpha value is -0.470. The minimum atomic E-state index is 0.977. The Morgan fingerprint density at radius 3 is 2.92 bits per heavy atom. The largest absolute Gasteiger partial charge is 0.313 e. The minimum absolute atomic E-state index is 0.977. The molecule has 0 radical (unpaired) electrons. The molecule has 1 rings (SSSR count). The molecule has 0 saturated carbocycles. The number of hydrogen-bond acceptors (Lipinski definition) is 2. The molecule has 0 aromatic heterocycles. The van der Waals surface area contributed by atoms with E-state index in [4.69, 9.17) is 0 Å². The van der Waals surface area contributed by atoms with Crippen LogP contribution in [-0.2, 0) is 6.54 Å². The van der Waals surface area contributed by atoms with Crippen molar-refractivity contribution < 1.29 is 0 Å². The van der Waals surface area contributed by atoms with Gasteiger partial charge in [0, 0.05) is 11.4 Å². The summed E-state index contributed by atoms with van der Waals surface area (Å²) in [6, 6.07) is 8.63. The Bertz CT molecular complexity index is 235. The topological polar surface area (TPSA) is 12.0 Å². The van der Waals surface area contributed by atoms with Crippen LogP contribution in [0, 0.1) is 0 Å². The predicted molar refractivity (Wildman–Crippen MR) is 55.6 cm³/mol. The molecular formula is C10H15NS. The molecule has 0 aliphatic rings. The number of hydrogen-bond donors (Lipinski definition) is 1. The Morgan fingerprint density at radius 2 is 2.25 bits per heavy atom. The maximum Gasteiger partial charge on any atom is 0.0205 e. The molecule has 0 bridgehead atoms. The molecular weight excluding hydrogens is 166 g/mol. The highest BCUT2D eigenvalue weighted by molar-refractivity contribution is 7.98. The smallest absolute Gasteiger partial charge is 0.0205 e. The molecule has 0 fully saturated rings. The number of rotatable bonds is 4. The second-order valence-electron chi connectivity index (χ2n) is 2.63. The van der Waals surface area contributed by atoms with Crippen LogP contribution in [0.3, 0.4) is 0 Å². The van der Waals surface area contributed by atoms with Crippen LogP contribution >= 0.6 is 11.8 Å². The Labute approximate surface area is 78.6 Å². The molecule has 66 valence electrons. The van der Waals surface area contributed by atoms with Gasteiger partial charge < -0.3 is 5.32 Å². The van der Waals surface area contributed by atoms with Gasteiger partial charge in [0.2, 0.25) is 0 Å². The number of thioether (sulfide) groups is 1. The van der Waals surface area contributed by atoms with Crippen LogP contribution in [0.4, 0.5) is 0 Å². The Morgan fingerprint density at radius 1 is 1.42 bits per heavy atom. The van der Waals surface area contributed by atoms with Gasteiger partial charge in [0.15, 0.2) is 0 Å². The monoisotopic (exact) mass is 181 g/mol. The highest BCUT2D eigenvalue weighted by Crippen LogP contribution is 2.15. The first-order valence-corrected chi connectivity index (χ1v) is 5.43. The van der Waals surface area contributed by atoms with E-state index in [-0.39, 0.29) is 0 Å². The van der Waals surface area contributed by atoms with Gasteiger partial charge in [0.05, 0.1) is 0 Å². The summed E-state index contributed by atoms with van der Waals surface area (Å²) in [6.07, 6.45) is 2.10. The van der Waals surface area contributed by atoms with Gasteiger partial charge in [-0.2, -0.15) is 0 Å². The van der Waals surface area contributed by atoms with E-state index in [1.807, 2.05) is 0 Å². The van der Waals surface area contributed by atoms with Gasteiger partial charge in [-0.1, -0.05) is 19.1 Å². The molecule has 0 heterocycles. The number of benzene rings is 1. The summed E-state index contributed by atoms with van der Waals surface area (Å²) in [6.45, 7) is 4.13. The summed E-state index contributed by atoms with van der Waals surface area (Å²) >= 11 is 1.79. The molecule has 0 amide bonds. The van der Waals surface area contributed by atoms with Crippen molar-refractivity contribution in [3.8, 4) is 0 Å². The molecule has 1 aromatic rings. The lowest BCUT2D eigenvalue weighted by Gasteiger charge is -2.03. The van der Waals surface area contributed by atoms with Gasteiger partial charge in [-0.3, -0.25) is 0 Å². The maximum atomic E-state index is 3.31. The molecule has 0 saturated heterocycles. The van der Waals surface area contributed by atoms with Crippen molar-refractivity contribution in [2.45, 2.75) is 18.4 Å². The van der Waals surface area contributed by atoms with Crippen LogP contribution in [0.2, 0.25) is 0 Å². The van der Waals surface area contributed by atoms with E-state index in [1.165, 1.54) is 10.5 Å².